The summed E-state index contributed by atoms with van der Waals surface area (Å²) in [5.74, 6) is -5.46. The fourth-order valence-corrected chi connectivity index (χ4v) is 4.04. The number of ether oxygens (including phenoxy) is 3. The van der Waals surface area contributed by atoms with E-state index in [-0.39, 0.29) is 35.3 Å². The van der Waals surface area contributed by atoms with Gasteiger partial charge in [-0.1, -0.05) is 36.4 Å². The molecule has 2 atom stereocenters. The van der Waals surface area contributed by atoms with E-state index >= 15 is 0 Å². The molecule has 11 nitrogen and oxygen atoms in total. The second-order valence-electron chi connectivity index (χ2n) is 9.10. The van der Waals surface area contributed by atoms with Gasteiger partial charge in [0, 0.05) is 17.2 Å². The number of nitrogens with zero attached hydrogens (tertiary/aromatic N) is 1. The van der Waals surface area contributed by atoms with E-state index in [9.17, 15) is 31.9 Å². The number of benzene rings is 3. The van der Waals surface area contributed by atoms with Crippen molar-refractivity contribution in [3.63, 3.8) is 0 Å². The molecule has 0 bridgehead atoms. The molecule has 0 radical (unpaired) electrons. The van der Waals surface area contributed by atoms with Crippen LogP contribution in [0.5, 0.6) is 11.5 Å². The SMILES string of the molecule is CC(OC(N)=O)c1oc(-c2ccc(OC(F)F)c(OCc3ccccc3)c2)nc1C(=O)NC(C(N)=O)c1ccc(F)cc1F. The van der Waals surface area contributed by atoms with Crippen molar-refractivity contribution in [3.8, 4) is 23.0 Å². The van der Waals surface area contributed by atoms with Gasteiger partial charge in [0.05, 0.1) is 0 Å². The second kappa shape index (κ2) is 13.6. The van der Waals surface area contributed by atoms with Crippen molar-refractivity contribution in [3.05, 3.63) is 101 Å². The fraction of sp³-hybridized carbons (Fsp3) is 0.172. The second-order valence-corrected chi connectivity index (χ2v) is 9.10. The van der Waals surface area contributed by atoms with E-state index in [2.05, 4.69) is 15.0 Å². The van der Waals surface area contributed by atoms with Crippen LogP contribution < -0.4 is 26.3 Å². The van der Waals surface area contributed by atoms with Crippen molar-refractivity contribution < 1.29 is 50.6 Å². The molecule has 0 saturated carbocycles. The maximum absolute atomic E-state index is 14.4. The molecule has 44 heavy (non-hydrogen) atoms. The lowest BCUT2D eigenvalue weighted by molar-refractivity contribution is -0.120. The quantitative estimate of drug-likeness (QED) is 0.189. The highest BCUT2D eigenvalue weighted by Gasteiger charge is 2.31. The molecule has 4 rings (SSSR count). The van der Waals surface area contributed by atoms with Crippen LogP contribution >= 0.6 is 0 Å². The maximum Gasteiger partial charge on any atom is 0.405 e. The molecule has 4 aromatic rings. The Kier molecular flexibility index (Phi) is 9.67. The zero-order valence-electron chi connectivity index (χ0n) is 22.8. The number of carbonyl (C=O) groups is 3. The average molecular weight is 617 g/mol. The molecule has 1 aromatic heterocycles. The highest BCUT2D eigenvalue weighted by molar-refractivity contribution is 5.97. The summed E-state index contributed by atoms with van der Waals surface area (Å²) in [7, 11) is 0. The zero-order valence-corrected chi connectivity index (χ0v) is 22.8. The molecule has 0 aliphatic heterocycles. The number of carbonyl (C=O) groups excluding carboxylic acids is 3. The largest absolute Gasteiger partial charge is 0.485 e. The number of hydrogen-bond acceptors (Lipinski definition) is 8. The van der Waals surface area contributed by atoms with Gasteiger partial charge in [-0.25, -0.2) is 18.6 Å². The fourth-order valence-electron chi connectivity index (χ4n) is 4.04. The molecule has 0 saturated heterocycles. The number of nitrogens with two attached hydrogens (primary N) is 2. The number of halogens is 4. The Morgan fingerprint density at radius 1 is 0.977 bits per heavy atom. The molecule has 5 N–H and O–H groups in total. The van der Waals surface area contributed by atoms with Crippen molar-refractivity contribution in [1.82, 2.24) is 10.3 Å². The van der Waals surface area contributed by atoms with Gasteiger partial charge < -0.3 is 35.4 Å². The third-order valence-electron chi connectivity index (χ3n) is 6.01. The van der Waals surface area contributed by atoms with E-state index in [0.717, 1.165) is 23.8 Å². The number of alkyl halides is 2. The molecule has 230 valence electrons. The Labute approximate surface area is 246 Å². The van der Waals surface area contributed by atoms with Crippen LogP contribution in [0.4, 0.5) is 22.4 Å². The Morgan fingerprint density at radius 3 is 2.34 bits per heavy atom. The number of nitrogens with one attached hydrogen (secondary N) is 1. The van der Waals surface area contributed by atoms with Crippen LogP contribution in [0.3, 0.4) is 0 Å². The van der Waals surface area contributed by atoms with Crippen molar-refractivity contribution >= 4 is 17.9 Å². The van der Waals surface area contributed by atoms with Gasteiger partial charge in [-0.2, -0.15) is 8.78 Å². The predicted octanol–water partition coefficient (Wildman–Crippen LogP) is 4.91. The van der Waals surface area contributed by atoms with Gasteiger partial charge in [0.2, 0.25) is 11.8 Å². The highest BCUT2D eigenvalue weighted by atomic mass is 19.3. The Balaban J connectivity index is 1.72. The van der Waals surface area contributed by atoms with Gasteiger partial charge in [0.25, 0.3) is 5.91 Å². The Morgan fingerprint density at radius 2 is 1.70 bits per heavy atom. The summed E-state index contributed by atoms with van der Waals surface area (Å²) in [5, 5.41) is 2.21. The van der Waals surface area contributed by atoms with Gasteiger partial charge in [-0.05, 0) is 36.8 Å². The minimum absolute atomic E-state index is 0.0215. The van der Waals surface area contributed by atoms with Crippen molar-refractivity contribution in [2.24, 2.45) is 11.5 Å². The van der Waals surface area contributed by atoms with Crippen LogP contribution in [0, 0.1) is 11.6 Å². The van der Waals surface area contributed by atoms with Crippen LogP contribution in [0.15, 0.2) is 71.1 Å². The smallest absolute Gasteiger partial charge is 0.405 e. The molecule has 0 spiro atoms. The number of hydrogen-bond donors (Lipinski definition) is 3. The summed E-state index contributed by atoms with van der Waals surface area (Å²) in [5.41, 5.74) is 10.3. The monoisotopic (exact) mass is 616 g/mol. The van der Waals surface area contributed by atoms with Gasteiger partial charge >= 0.3 is 12.7 Å². The zero-order chi connectivity index (χ0) is 32.0. The van der Waals surface area contributed by atoms with Crippen LogP contribution in [0.25, 0.3) is 11.5 Å². The molecular formula is C29H24F4N4O7. The van der Waals surface area contributed by atoms with E-state index < -0.39 is 59.6 Å². The molecule has 3 amide bonds. The average Bonchev–Trinajstić information content (AvgIpc) is 3.41. The van der Waals surface area contributed by atoms with Crippen molar-refractivity contribution in [1.29, 1.82) is 0 Å². The topological polar surface area (TPSA) is 169 Å². The van der Waals surface area contributed by atoms with E-state index in [4.69, 9.17) is 25.4 Å². The number of primary amides is 2. The standard InChI is InChI=1S/C29H24F4N4O7/c1-14(42-29(35)40)24-23(26(39)36-22(25(34)38)18-9-8-17(30)12-19(18)31)37-27(44-24)16-7-10-20(43-28(32)33)21(11-16)41-13-15-5-3-2-4-6-15/h2-12,14,22,28H,13H2,1H3,(H2,34,38)(H2,35,40)(H,36,39). The lowest BCUT2D eigenvalue weighted by atomic mass is 10.0. The van der Waals surface area contributed by atoms with Gasteiger partial charge in [0.15, 0.2) is 29.1 Å². The number of rotatable bonds is 12. The summed E-state index contributed by atoms with van der Waals surface area (Å²) in [6, 6.07) is 13.0. The molecule has 3 aromatic carbocycles. The molecule has 0 aliphatic rings. The number of oxazole rings is 1. The van der Waals surface area contributed by atoms with Gasteiger partial charge in [0.1, 0.15) is 24.3 Å². The summed E-state index contributed by atoms with van der Waals surface area (Å²) >= 11 is 0. The lowest BCUT2D eigenvalue weighted by Crippen LogP contribution is -2.38. The molecule has 15 heteroatoms. The highest BCUT2D eigenvalue weighted by Crippen LogP contribution is 2.36. The lowest BCUT2D eigenvalue weighted by Gasteiger charge is -2.17. The molecule has 0 aliphatic carbocycles. The van der Waals surface area contributed by atoms with Crippen LogP contribution in [0.2, 0.25) is 0 Å². The first-order chi connectivity index (χ1) is 20.9. The minimum atomic E-state index is -3.17. The maximum atomic E-state index is 14.4. The third kappa shape index (κ3) is 7.61. The third-order valence-corrected chi connectivity index (χ3v) is 6.01. The molecular weight excluding hydrogens is 592 g/mol. The number of aromatic nitrogens is 1. The first kappa shape index (κ1) is 31.3. The van der Waals surface area contributed by atoms with E-state index in [1.54, 1.807) is 30.3 Å². The van der Waals surface area contributed by atoms with Crippen molar-refractivity contribution in [2.75, 3.05) is 0 Å². The summed E-state index contributed by atoms with van der Waals surface area (Å²) in [4.78, 5) is 41.0. The minimum Gasteiger partial charge on any atom is -0.485 e. The van der Waals surface area contributed by atoms with E-state index in [1.807, 2.05) is 0 Å². The molecule has 2 unspecified atom stereocenters. The van der Waals surface area contributed by atoms with Crippen LogP contribution in [-0.2, 0) is 16.1 Å². The van der Waals surface area contributed by atoms with Gasteiger partial charge in [-0.15, -0.1) is 0 Å². The normalized spacial score (nSPS) is 12.3. The summed E-state index contributed by atoms with van der Waals surface area (Å²) < 4.78 is 74.9. The Bertz CT molecular complexity index is 1670. The molecule has 1 heterocycles. The first-order valence-electron chi connectivity index (χ1n) is 12.7. The van der Waals surface area contributed by atoms with E-state index in [1.165, 1.54) is 19.1 Å². The van der Waals surface area contributed by atoms with Gasteiger partial charge in [-0.3, -0.25) is 9.59 Å². The van der Waals surface area contributed by atoms with Crippen LogP contribution in [-0.4, -0.2) is 29.5 Å². The summed E-state index contributed by atoms with van der Waals surface area (Å²) in [6.45, 7) is -1.89. The van der Waals surface area contributed by atoms with Crippen LogP contribution in [0.1, 0.15) is 46.4 Å². The number of amides is 3. The van der Waals surface area contributed by atoms with E-state index in [0.29, 0.717) is 6.07 Å². The first-order valence-corrected chi connectivity index (χ1v) is 12.7. The Hall–Kier alpha value is -5.60. The molecule has 0 fully saturated rings. The van der Waals surface area contributed by atoms with Crippen molar-refractivity contribution in [2.45, 2.75) is 32.3 Å². The predicted molar refractivity (Wildman–Crippen MR) is 144 cm³/mol. The summed E-state index contributed by atoms with van der Waals surface area (Å²) in [6.07, 6.45) is -2.53.